The number of hydrogen-bond donors (Lipinski definition) is 4. The standard InChI is InChI=1S/C10H18N6O/c1-10(2,3)16-8(17)5-13-7-4-6(11)14-9(12)15-7/h4H,5H2,1-3H3,(H,16,17)(H5,11,12,13,14,15). The van der Waals surface area contributed by atoms with E-state index in [0.29, 0.717) is 5.82 Å². The number of amides is 1. The molecule has 1 aromatic rings. The SMILES string of the molecule is CC(C)(C)NC(=O)CNc1cc(N)nc(N)n1. The second-order valence-corrected chi connectivity index (χ2v) is 4.69. The lowest BCUT2D eigenvalue weighted by Crippen LogP contribution is -2.43. The maximum Gasteiger partial charge on any atom is 0.239 e. The van der Waals surface area contributed by atoms with Crippen LogP contribution in [0.25, 0.3) is 0 Å². The molecule has 0 saturated carbocycles. The molecule has 0 saturated heterocycles. The molecule has 0 aliphatic heterocycles. The zero-order valence-electron chi connectivity index (χ0n) is 10.2. The average Bonchev–Trinajstić information content (AvgIpc) is 2.10. The summed E-state index contributed by atoms with van der Waals surface area (Å²) >= 11 is 0. The molecule has 0 bridgehead atoms. The number of anilines is 3. The van der Waals surface area contributed by atoms with Gasteiger partial charge in [-0.1, -0.05) is 0 Å². The van der Waals surface area contributed by atoms with Gasteiger partial charge < -0.3 is 22.1 Å². The van der Waals surface area contributed by atoms with Gasteiger partial charge >= 0.3 is 0 Å². The summed E-state index contributed by atoms with van der Waals surface area (Å²) in [5.74, 6) is 0.632. The van der Waals surface area contributed by atoms with Gasteiger partial charge in [0.05, 0.1) is 6.54 Å². The minimum absolute atomic E-state index is 0.0729. The molecular formula is C10H18N6O. The maximum atomic E-state index is 11.5. The van der Waals surface area contributed by atoms with Crippen LogP contribution in [0, 0.1) is 0 Å². The van der Waals surface area contributed by atoms with Crippen LogP contribution in [-0.2, 0) is 4.79 Å². The summed E-state index contributed by atoms with van der Waals surface area (Å²) in [6, 6.07) is 1.51. The highest BCUT2D eigenvalue weighted by Gasteiger charge is 2.13. The first-order valence-electron chi connectivity index (χ1n) is 5.21. The van der Waals surface area contributed by atoms with Crippen molar-refractivity contribution in [3.63, 3.8) is 0 Å². The highest BCUT2D eigenvalue weighted by atomic mass is 16.2. The molecule has 0 aliphatic rings. The van der Waals surface area contributed by atoms with Crippen molar-refractivity contribution in [2.24, 2.45) is 0 Å². The number of nitrogens with one attached hydrogen (secondary N) is 2. The Kier molecular flexibility index (Phi) is 3.72. The monoisotopic (exact) mass is 238 g/mol. The molecule has 6 N–H and O–H groups in total. The first kappa shape index (κ1) is 13.0. The van der Waals surface area contributed by atoms with Crippen LogP contribution >= 0.6 is 0 Å². The second-order valence-electron chi connectivity index (χ2n) is 4.69. The third kappa shape index (κ3) is 5.01. The molecule has 1 amide bonds. The van der Waals surface area contributed by atoms with E-state index in [1.54, 1.807) is 0 Å². The molecule has 0 spiro atoms. The smallest absolute Gasteiger partial charge is 0.239 e. The van der Waals surface area contributed by atoms with Gasteiger partial charge in [0.15, 0.2) is 0 Å². The number of carbonyl (C=O) groups is 1. The fourth-order valence-electron chi connectivity index (χ4n) is 1.21. The van der Waals surface area contributed by atoms with Gasteiger partial charge in [-0.2, -0.15) is 9.97 Å². The highest BCUT2D eigenvalue weighted by molar-refractivity contribution is 5.81. The summed E-state index contributed by atoms with van der Waals surface area (Å²) in [6.45, 7) is 5.83. The van der Waals surface area contributed by atoms with E-state index in [-0.39, 0.29) is 29.8 Å². The lowest BCUT2D eigenvalue weighted by Gasteiger charge is -2.20. The second kappa shape index (κ2) is 4.86. The van der Waals surface area contributed by atoms with Gasteiger partial charge in [0, 0.05) is 11.6 Å². The third-order valence-electron chi connectivity index (χ3n) is 1.71. The van der Waals surface area contributed by atoms with Gasteiger partial charge in [0.1, 0.15) is 11.6 Å². The molecule has 7 heteroatoms. The highest BCUT2D eigenvalue weighted by Crippen LogP contribution is 2.08. The number of nitrogens with zero attached hydrogens (tertiary/aromatic N) is 2. The maximum absolute atomic E-state index is 11.5. The molecule has 0 unspecified atom stereocenters. The van der Waals surface area contributed by atoms with E-state index < -0.39 is 0 Å². The van der Waals surface area contributed by atoms with E-state index in [1.807, 2.05) is 20.8 Å². The van der Waals surface area contributed by atoms with Gasteiger partial charge in [-0.25, -0.2) is 0 Å². The van der Waals surface area contributed by atoms with Gasteiger partial charge in [-0.05, 0) is 20.8 Å². The summed E-state index contributed by atoms with van der Waals surface area (Å²) in [5.41, 5.74) is 10.7. The van der Waals surface area contributed by atoms with Crippen molar-refractivity contribution in [2.45, 2.75) is 26.3 Å². The molecule has 0 aromatic carbocycles. The van der Waals surface area contributed by atoms with Crippen molar-refractivity contribution in [3.05, 3.63) is 6.07 Å². The van der Waals surface area contributed by atoms with Crippen molar-refractivity contribution < 1.29 is 4.79 Å². The average molecular weight is 238 g/mol. The van der Waals surface area contributed by atoms with Crippen LogP contribution in [0.5, 0.6) is 0 Å². The Bertz CT molecular complexity index is 391. The number of hydrogen-bond acceptors (Lipinski definition) is 6. The Labute approximate surface area is 100 Å². The Hall–Kier alpha value is -2.05. The van der Waals surface area contributed by atoms with E-state index in [0.717, 1.165) is 0 Å². The molecule has 0 radical (unpaired) electrons. The first-order valence-corrected chi connectivity index (χ1v) is 5.21. The Morgan fingerprint density at radius 2 is 2.00 bits per heavy atom. The largest absolute Gasteiger partial charge is 0.383 e. The van der Waals surface area contributed by atoms with Gasteiger partial charge in [-0.3, -0.25) is 4.79 Å². The van der Waals surface area contributed by atoms with Crippen molar-refractivity contribution in [2.75, 3.05) is 23.3 Å². The molecular weight excluding hydrogens is 220 g/mol. The molecule has 0 atom stereocenters. The predicted octanol–water partition coefficient (Wildman–Crippen LogP) is -0.0324. The summed E-state index contributed by atoms with van der Waals surface area (Å²) in [6.07, 6.45) is 0. The molecule has 0 aliphatic carbocycles. The minimum atomic E-state index is -0.261. The molecule has 17 heavy (non-hydrogen) atoms. The lowest BCUT2D eigenvalue weighted by atomic mass is 10.1. The third-order valence-corrected chi connectivity index (χ3v) is 1.71. The zero-order chi connectivity index (χ0) is 13.1. The van der Waals surface area contributed by atoms with Gasteiger partial charge in [0.2, 0.25) is 11.9 Å². The van der Waals surface area contributed by atoms with Gasteiger partial charge in [0.25, 0.3) is 0 Å². The molecule has 7 nitrogen and oxygen atoms in total. The van der Waals surface area contributed by atoms with E-state index >= 15 is 0 Å². The van der Waals surface area contributed by atoms with Crippen molar-refractivity contribution in [3.8, 4) is 0 Å². The van der Waals surface area contributed by atoms with E-state index in [9.17, 15) is 4.79 Å². The van der Waals surface area contributed by atoms with Crippen LogP contribution in [0.15, 0.2) is 6.07 Å². The first-order chi connectivity index (χ1) is 7.76. The van der Waals surface area contributed by atoms with Crippen molar-refractivity contribution in [1.29, 1.82) is 0 Å². The van der Waals surface area contributed by atoms with Crippen molar-refractivity contribution in [1.82, 2.24) is 15.3 Å². The van der Waals surface area contributed by atoms with Crippen LogP contribution in [0.4, 0.5) is 17.6 Å². The summed E-state index contributed by atoms with van der Waals surface area (Å²) in [4.78, 5) is 19.1. The number of nitrogens with two attached hydrogens (primary N) is 2. The van der Waals surface area contributed by atoms with Crippen LogP contribution in [0.3, 0.4) is 0 Å². The Morgan fingerprint density at radius 3 is 2.53 bits per heavy atom. The minimum Gasteiger partial charge on any atom is -0.383 e. The van der Waals surface area contributed by atoms with Crippen LogP contribution < -0.4 is 22.1 Å². The summed E-state index contributed by atoms with van der Waals surface area (Å²) in [7, 11) is 0. The molecule has 1 aromatic heterocycles. The number of aromatic nitrogens is 2. The van der Waals surface area contributed by atoms with E-state index in [2.05, 4.69) is 20.6 Å². The molecule has 94 valence electrons. The predicted molar refractivity (Wildman–Crippen MR) is 67.2 cm³/mol. The normalized spacial score (nSPS) is 11.0. The van der Waals surface area contributed by atoms with Crippen LogP contribution in [-0.4, -0.2) is 28.0 Å². The number of carbonyl (C=O) groups excluding carboxylic acids is 1. The Balaban J connectivity index is 2.53. The van der Waals surface area contributed by atoms with Gasteiger partial charge in [-0.15, -0.1) is 0 Å². The molecule has 0 fully saturated rings. The summed E-state index contributed by atoms with van der Waals surface area (Å²) < 4.78 is 0. The van der Waals surface area contributed by atoms with Crippen LogP contribution in [0.2, 0.25) is 0 Å². The number of rotatable bonds is 3. The van der Waals surface area contributed by atoms with Crippen LogP contribution in [0.1, 0.15) is 20.8 Å². The fraction of sp³-hybridized carbons (Fsp3) is 0.500. The Morgan fingerprint density at radius 1 is 1.35 bits per heavy atom. The molecule has 1 rings (SSSR count). The van der Waals surface area contributed by atoms with Crippen molar-refractivity contribution >= 4 is 23.5 Å². The van der Waals surface area contributed by atoms with E-state index in [4.69, 9.17) is 11.5 Å². The fourth-order valence-corrected chi connectivity index (χ4v) is 1.21. The number of nitrogen functional groups attached to an aromatic ring is 2. The van der Waals surface area contributed by atoms with E-state index in [1.165, 1.54) is 6.07 Å². The molecule has 1 heterocycles. The quantitative estimate of drug-likeness (QED) is 0.587. The zero-order valence-corrected chi connectivity index (χ0v) is 10.2. The topological polar surface area (TPSA) is 119 Å². The summed E-state index contributed by atoms with van der Waals surface area (Å²) in [5, 5.41) is 5.64. The lowest BCUT2D eigenvalue weighted by molar-refractivity contribution is -0.120.